The summed E-state index contributed by atoms with van der Waals surface area (Å²) in [4.78, 5) is 0. The Kier molecular flexibility index (Phi) is 9.30. The molecule has 4 atom stereocenters. The predicted octanol–water partition coefficient (Wildman–Crippen LogP) is 4.65. The predicted molar refractivity (Wildman–Crippen MR) is 103 cm³/mol. The van der Waals surface area contributed by atoms with Crippen molar-refractivity contribution in [3.63, 3.8) is 0 Å². The highest BCUT2D eigenvalue weighted by Gasteiger charge is 2.15. The molecule has 0 radical (unpaired) electrons. The van der Waals surface area contributed by atoms with Crippen molar-refractivity contribution < 1.29 is 9.05 Å². The van der Waals surface area contributed by atoms with Crippen LogP contribution in [0.3, 0.4) is 0 Å². The summed E-state index contributed by atoms with van der Waals surface area (Å²) in [6.07, 6.45) is 0. The van der Waals surface area contributed by atoms with Crippen LogP contribution >= 0.6 is 50.8 Å². The summed E-state index contributed by atoms with van der Waals surface area (Å²) >= 11 is 0. The van der Waals surface area contributed by atoms with Gasteiger partial charge in [-0.2, -0.15) is 0 Å². The van der Waals surface area contributed by atoms with Crippen molar-refractivity contribution in [2.75, 3.05) is 18.9 Å². The number of benzene rings is 1. The molecule has 0 amide bonds. The Morgan fingerprint density at radius 2 is 1.63 bits per heavy atom. The lowest BCUT2D eigenvalue weighted by atomic mass is 9.98. The summed E-state index contributed by atoms with van der Waals surface area (Å²) in [5, 5.41) is 0. The van der Waals surface area contributed by atoms with Gasteiger partial charge in [0, 0.05) is 11.6 Å². The van der Waals surface area contributed by atoms with E-state index in [1.54, 1.807) is 0 Å². The third-order valence-electron chi connectivity index (χ3n) is 2.61. The number of anilines is 1. The lowest BCUT2D eigenvalue weighted by Crippen LogP contribution is -2.11. The molecule has 3 nitrogen and oxygen atoms in total. The summed E-state index contributed by atoms with van der Waals surface area (Å²) in [7, 11) is 9.66. The molecule has 9 heteroatoms. The third-order valence-corrected chi connectivity index (χ3v) is 5.30. The second-order valence-corrected chi connectivity index (χ2v) is 15.8. The topological polar surface area (TPSA) is 44.5 Å². The third kappa shape index (κ3) is 7.37. The summed E-state index contributed by atoms with van der Waals surface area (Å²) < 4.78 is 11.5. The molecule has 4 unspecified atom stereocenters. The fourth-order valence-corrected chi connectivity index (χ4v) is 3.28. The molecule has 0 saturated heterocycles. The highest BCUT2D eigenvalue weighted by atomic mass is 32.4. The van der Waals surface area contributed by atoms with Crippen LogP contribution in [0.4, 0.5) is 5.69 Å². The molecule has 1 rings (SSSR count). The van der Waals surface area contributed by atoms with Crippen LogP contribution in [-0.4, -0.2) is 13.2 Å². The first-order valence-electron chi connectivity index (χ1n) is 5.61. The summed E-state index contributed by atoms with van der Waals surface area (Å²) in [6, 6.07) is 6.13. The minimum absolute atomic E-state index is 0.233. The monoisotopic (exact) mass is 373 g/mol. The van der Waals surface area contributed by atoms with Crippen molar-refractivity contribution in [1.29, 1.82) is 0 Å². The Morgan fingerprint density at radius 1 is 1.11 bits per heavy atom. The van der Waals surface area contributed by atoms with Crippen LogP contribution in [-0.2, 0) is 9.05 Å². The highest BCUT2D eigenvalue weighted by molar-refractivity contribution is 8.41. The first kappa shape index (κ1) is 18.6. The maximum Gasteiger partial charge on any atom is 0.0639 e. The molecule has 108 valence electrons. The largest absolute Gasteiger partial charge is 0.399 e. The van der Waals surface area contributed by atoms with Gasteiger partial charge in [0.25, 0.3) is 0 Å². The summed E-state index contributed by atoms with van der Waals surface area (Å²) in [5.41, 5.74) is 9.00. The van der Waals surface area contributed by atoms with Crippen LogP contribution in [0.5, 0.6) is 0 Å². The van der Waals surface area contributed by atoms with Crippen molar-refractivity contribution >= 4 is 56.5 Å². The van der Waals surface area contributed by atoms with E-state index in [9.17, 15) is 0 Å². The van der Waals surface area contributed by atoms with Crippen molar-refractivity contribution in [2.24, 2.45) is 0 Å². The average molecular weight is 373 g/mol. The molecular formula is C10H21NO2P6. The fourth-order valence-electron chi connectivity index (χ4n) is 1.55. The molecule has 0 aliphatic heterocycles. The lowest BCUT2D eigenvalue weighted by molar-refractivity contribution is 0.255. The van der Waals surface area contributed by atoms with E-state index in [-0.39, 0.29) is 5.92 Å². The smallest absolute Gasteiger partial charge is 0.0639 e. The minimum Gasteiger partial charge on any atom is -0.399 e. The Bertz CT molecular complexity index is 392. The molecular weight excluding hydrogens is 352 g/mol. The maximum absolute atomic E-state index is 5.86. The molecule has 0 aromatic heterocycles. The molecule has 0 bridgehead atoms. The zero-order valence-corrected chi connectivity index (χ0v) is 17.2. The Morgan fingerprint density at radius 3 is 2.05 bits per heavy atom. The normalized spacial score (nSPS) is 11.8. The van der Waals surface area contributed by atoms with E-state index in [0.29, 0.717) is 13.2 Å². The SMILES string of the molecule is Cc1cc(C(COP(P)P)COP(P)P)ccc1N. The van der Waals surface area contributed by atoms with Gasteiger partial charge < -0.3 is 14.8 Å². The number of aryl methyl sites for hydroxylation is 1. The number of nitrogen functional groups attached to an aromatic ring is 1. The van der Waals surface area contributed by atoms with Gasteiger partial charge in [-0.3, -0.25) is 0 Å². The number of hydrogen-bond acceptors (Lipinski definition) is 3. The van der Waals surface area contributed by atoms with Gasteiger partial charge in [-0.25, -0.2) is 0 Å². The first-order valence-corrected chi connectivity index (χ1v) is 14.6. The Hall–Kier alpha value is 1.52. The van der Waals surface area contributed by atoms with Gasteiger partial charge in [0.05, 0.1) is 28.3 Å². The maximum atomic E-state index is 5.86. The van der Waals surface area contributed by atoms with Crippen LogP contribution in [0.1, 0.15) is 17.0 Å². The lowest BCUT2D eigenvalue weighted by Gasteiger charge is -2.20. The van der Waals surface area contributed by atoms with Gasteiger partial charge in [-0.15, -0.1) is 0 Å². The molecule has 1 aromatic rings. The molecule has 0 fully saturated rings. The van der Waals surface area contributed by atoms with Gasteiger partial charge in [-0.1, -0.05) is 47.8 Å². The summed E-state index contributed by atoms with van der Waals surface area (Å²) in [6.45, 7) is 3.33. The second kappa shape index (κ2) is 9.52. The van der Waals surface area contributed by atoms with Crippen molar-refractivity contribution in [2.45, 2.75) is 12.8 Å². The zero-order chi connectivity index (χ0) is 14.4. The van der Waals surface area contributed by atoms with E-state index < -0.39 is 15.1 Å². The molecule has 0 heterocycles. The van der Waals surface area contributed by atoms with Gasteiger partial charge in [0.1, 0.15) is 0 Å². The Labute approximate surface area is 127 Å². The fraction of sp³-hybridized carbons (Fsp3) is 0.400. The van der Waals surface area contributed by atoms with E-state index in [4.69, 9.17) is 14.8 Å². The van der Waals surface area contributed by atoms with Crippen LogP contribution in [0, 0.1) is 6.92 Å². The van der Waals surface area contributed by atoms with E-state index in [2.05, 4.69) is 47.8 Å². The number of rotatable bonds is 7. The van der Waals surface area contributed by atoms with E-state index in [0.717, 1.165) is 11.3 Å². The molecule has 1 aromatic carbocycles. The van der Waals surface area contributed by atoms with E-state index >= 15 is 0 Å². The van der Waals surface area contributed by atoms with Crippen molar-refractivity contribution in [3.05, 3.63) is 29.3 Å². The number of nitrogens with two attached hydrogens (primary N) is 1. The molecule has 2 N–H and O–H groups in total. The van der Waals surface area contributed by atoms with E-state index in [1.807, 2.05) is 13.0 Å². The van der Waals surface area contributed by atoms with Crippen LogP contribution in [0.25, 0.3) is 0 Å². The first-order chi connectivity index (χ1) is 8.90. The van der Waals surface area contributed by atoms with Crippen LogP contribution in [0.2, 0.25) is 0 Å². The highest BCUT2D eigenvalue weighted by Crippen LogP contribution is 2.55. The molecule has 0 saturated carbocycles. The van der Waals surface area contributed by atoms with Gasteiger partial charge >= 0.3 is 0 Å². The van der Waals surface area contributed by atoms with Gasteiger partial charge in [0.15, 0.2) is 0 Å². The van der Waals surface area contributed by atoms with Crippen molar-refractivity contribution in [3.8, 4) is 0 Å². The average Bonchev–Trinajstić information content (AvgIpc) is 2.32. The number of hydrogen-bond donors (Lipinski definition) is 1. The molecule has 0 aliphatic carbocycles. The summed E-state index contributed by atoms with van der Waals surface area (Å²) in [5.74, 6) is 0.233. The quantitative estimate of drug-likeness (QED) is 0.559. The molecule has 0 spiro atoms. The molecule has 19 heavy (non-hydrogen) atoms. The van der Waals surface area contributed by atoms with Gasteiger partial charge in [-0.05, 0) is 24.1 Å². The Balaban J connectivity index is 2.78. The van der Waals surface area contributed by atoms with E-state index in [1.165, 1.54) is 5.56 Å². The van der Waals surface area contributed by atoms with Crippen molar-refractivity contribution in [1.82, 2.24) is 0 Å². The second-order valence-electron chi connectivity index (χ2n) is 4.12. The minimum atomic E-state index is -0.515. The zero-order valence-electron chi connectivity index (χ0n) is 10.8. The standard InChI is InChI=1S/C10H21NO2P6/c1-7-4-8(2-3-10(7)11)9(5-12-18(14)15)6-13-19(16)17/h2-4,9H,5-6,11,14-17H2,1H3. The van der Waals surface area contributed by atoms with Crippen LogP contribution < -0.4 is 5.73 Å². The van der Waals surface area contributed by atoms with Gasteiger partial charge in [0.2, 0.25) is 0 Å². The molecule has 0 aliphatic rings. The van der Waals surface area contributed by atoms with Crippen LogP contribution in [0.15, 0.2) is 18.2 Å².